The van der Waals surface area contributed by atoms with Crippen molar-refractivity contribution in [2.45, 2.75) is 30.4 Å². The van der Waals surface area contributed by atoms with E-state index in [1.54, 1.807) is 0 Å². The van der Waals surface area contributed by atoms with Crippen LogP contribution in [-0.4, -0.2) is 48.2 Å². The van der Waals surface area contributed by atoms with Crippen LogP contribution < -0.4 is 0 Å². The summed E-state index contributed by atoms with van der Waals surface area (Å²) in [4.78, 5) is 0.366. The molecule has 2 atom stereocenters. The zero-order valence-corrected chi connectivity index (χ0v) is 10.1. The standard InChI is InChI=1S/C9H15BrF3NO/c1-7-6-15-4-2-3-14(7)5-8(10)9(11,12)13/h7-8H,2-6H2,1H3. The van der Waals surface area contributed by atoms with Crippen molar-refractivity contribution >= 4 is 15.9 Å². The van der Waals surface area contributed by atoms with Gasteiger partial charge in [-0.25, -0.2) is 0 Å². The zero-order chi connectivity index (χ0) is 11.5. The summed E-state index contributed by atoms with van der Waals surface area (Å²) in [6, 6.07) is 0.0508. The van der Waals surface area contributed by atoms with Crippen LogP contribution in [0.25, 0.3) is 0 Å². The van der Waals surface area contributed by atoms with Crippen molar-refractivity contribution in [3.05, 3.63) is 0 Å². The Morgan fingerprint density at radius 2 is 2.20 bits per heavy atom. The molecule has 0 amide bonds. The predicted octanol–water partition coefficient (Wildman–Crippen LogP) is 2.42. The second-order valence-corrected chi connectivity index (χ2v) is 4.89. The molecule has 1 saturated heterocycles. The van der Waals surface area contributed by atoms with E-state index in [9.17, 15) is 13.2 Å². The Morgan fingerprint density at radius 1 is 1.53 bits per heavy atom. The van der Waals surface area contributed by atoms with Crippen molar-refractivity contribution < 1.29 is 17.9 Å². The first-order valence-corrected chi connectivity index (χ1v) is 5.85. The molecule has 0 saturated carbocycles. The van der Waals surface area contributed by atoms with Gasteiger partial charge in [0.1, 0.15) is 4.83 Å². The number of hydrogen-bond acceptors (Lipinski definition) is 2. The second kappa shape index (κ2) is 5.50. The largest absolute Gasteiger partial charge is 0.402 e. The average molecular weight is 290 g/mol. The molecule has 15 heavy (non-hydrogen) atoms. The van der Waals surface area contributed by atoms with Crippen LogP contribution in [0, 0.1) is 0 Å². The van der Waals surface area contributed by atoms with Crippen LogP contribution >= 0.6 is 15.9 Å². The van der Waals surface area contributed by atoms with Gasteiger partial charge in [-0.1, -0.05) is 15.9 Å². The molecule has 0 aromatic heterocycles. The third kappa shape index (κ3) is 4.28. The van der Waals surface area contributed by atoms with E-state index in [1.807, 2.05) is 11.8 Å². The number of alkyl halides is 4. The lowest BCUT2D eigenvalue weighted by molar-refractivity contribution is -0.131. The molecule has 1 heterocycles. The minimum atomic E-state index is -4.17. The Balaban J connectivity index is 2.48. The molecule has 0 aliphatic carbocycles. The molecular weight excluding hydrogens is 275 g/mol. The van der Waals surface area contributed by atoms with Crippen molar-refractivity contribution in [1.29, 1.82) is 0 Å². The van der Waals surface area contributed by atoms with Crippen molar-refractivity contribution in [2.24, 2.45) is 0 Å². The molecule has 1 aliphatic heterocycles. The first-order valence-electron chi connectivity index (χ1n) is 4.94. The molecule has 0 aromatic carbocycles. The number of rotatable bonds is 2. The van der Waals surface area contributed by atoms with Crippen molar-refractivity contribution in [3.63, 3.8) is 0 Å². The van der Waals surface area contributed by atoms with E-state index in [-0.39, 0.29) is 12.6 Å². The van der Waals surface area contributed by atoms with Crippen molar-refractivity contribution in [2.75, 3.05) is 26.3 Å². The zero-order valence-electron chi connectivity index (χ0n) is 8.56. The predicted molar refractivity (Wildman–Crippen MR) is 55.2 cm³/mol. The summed E-state index contributed by atoms with van der Waals surface area (Å²) in [5.74, 6) is 0. The maximum absolute atomic E-state index is 12.3. The van der Waals surface area contributed by atoms with E-state index in [2.05, 4.69) is 15.9 Å². The number of nitrogens with zero attached hydrogens (tertiary/aromatic N) is 1. The lowest BCUT2D eigenvalue weighted by Gasteiger charge is -2.28. The Kier molecular flexibility index (Phi) is 4.86. The minimum absolute atomic E-state index is 0.00593. The summed E-state index contributed by atoms with van der Waals surface area (Å²) in [6.07, 6.45) is -3.38. The van der Waals surface area contributed by atoms with Gasteiger partial charge in [-0.05, 0) is 13.3 Å². The fraction of sp³-hybridized carbons (Fsp3) is 1.00. The SMILES string of the molecule is CC1COCCCN1CC(Br)C(F)(F)F. The Bertz CT molecular complexity index is 200. The molecule has 2 nitrogen and oxygen atoms in total. The molecule has 0 aromatic rings. The summed E-state index contributed by atoms with van der Waals surface area (Å²) in [5, 5.41) is 0. The van der Waals surface area contributed by atoms with Gasteiger partial charge in [-0.3, -0.25) is 4.90 Å². The normalized spacial score (nSPS) is 27.4. The maximum atomic E-state index is 12.3. The number of halogens is 4. The molecule has 0 N–H and O–H groups in total. The van der Waals surface area contributed by atoms with Crippen LogP contribution in [0.1, 0.15) is 13.3 Å². The Morgan fingerprint density at radius 3 is 2.80 bits per heavy atom. The van der Waals surface area contributed by atoms with Crippen LogP contribution in [0.15, 0.2) is 0 Å². The smallest absolute Gasteiger partial charge is 0.380 e. The van der Waals surface area contributed by atoms with E-state index in [0.29, 0.717) is 19.8 Å². The van der Waals surface area contributed by atoms with E-state index in [1.165, 1.54) is 0 Å². The summed E-state index contributed by atoms with van der Waals surface area (Å²) >= 11 is 2.68. The summed E-state index contributed by atoms with van der Waals surface area (Å²) < 4.78 is 42.2. The molecule has 1 aliphatic rings. The van der Waals surface area contributed by atoms with Gasteiger partial charge in [0.2, 0.25) is 0 Å². The molecule has 1 fully saturated rings. The maximum Gasteiger partial charge on any atom is 0.402 e. The molecule has 0 bridgehead atoms. The first-order chi connectivity index (χ1) is 6.91. The lowest BCUT2D eigenvalue weighted by Crippen LogP contribution is -2.43. The third-order valence-electron chi connectivity index (χ3n) is 2.47. The second-order valence-electron chi connectivity index (χ2n) is 3.78. The fourth-order valence-corrected chi connectivity index (χ4v) is 1.90. The Labute approximate surface area is 95.9 Å². The van der Waals surface area contributed by atoms with Gasteiger partial charge in [0.05, 0.1) is 6.61 Å². The highest BCUT2D eigenvalue weighted by atomic mass is 79.9. The lowest BCUT2D eigenvalue weighted by atomic mass is 10.2. The molecular formula is C9H15BrF3NO. The van der Waals surface area contributed by atoms with Crippen molar-refractivity contribution in [1.82, 2.24) is 4.90 Å². The van der Waals surface area contributed by atoms with Gasteiger partial charge in [0, 0.05) is 25.7 Å². The van der Waals surface area contributed by atoms with Gasteiger partial charge in [0.15, 0.2) is 0 Å². The Hall–Kier alpha value is 0.190. The number of ether oxygens (including phenoxy) is 1. The minimum Gasteiger partial charge on any atom is -0.380 e. The van der Waals surface area contributed by atoms with Gasteiger partial charge < -0.3 is 4.74 Å². The van der Waals surface area contributed by atoms with E-state index < -0.39 is 11.0 Å². The molecule has 90 valence electrons. The van der Waals surface area contributed by atoms with Crippen LogP contribution in [-0.2, 0) is 4.74 Å². The highest BCUT2D eigenvalue weighted by molar-refractivity contribution is 9.09. The first kappa shape index (κ1) is 13.3. The number of hydrogen-bond donors (Lipinski definition) is 0. The van der Waals surface area contributed by atoms with Crippen LogP contribution in [0.5, 0.6) is 0 Å². The quantitative estimate of drug-likeness (QED) is 0.724. The van der Waals surface area contributed by atoms with Crippen LogP contribution in [0.3, 0.4) is 0 Å². The van der Waals surface area contributed by atoms with Gasteiger partial charge in [0.25, 0.3) is 0 Å². The van der Waals surface area contributed by atoms with Gasteiger partial charge >= 0.3 is 6.18 Å². The highest BCUT2D eigenvalue weighted by Gasteiger charge is 2.39. The summed E-state index contributed by atoms with van der Waals surface area (Å²) in [5.41, 5.74) is 0. The monoisotopic (exact) mass is 289 g/mol. The third-order valence-corrected chi connectivity index (χ3v) is 3.28. The van der Waals surface area contributed by atoms with Gasteiger partial charge in [-0.15, -0.1) is 0 Å². The van der Waals surface area contributed by atoms with Crippen LogP contribution in [0.2, 0.25) is 0 Å². The van der Waals surface area contributed by atoms with E-state index >= 15 is 0 Å². The fourth-order valence-electron chi connectivity index (χ4n) is 1.53. The highest BCUT2D eigenvalue weighted by Crippen LogP contribution is 2.27. The molecule has 0 radical (unpaired) electrons. The molecule has 0 spiro atoms. The average Bonchev–Trinajstić information content (AvgIpc) is 2.30. The topological polar surface area (TPSA) is 12.5 Å². The van der Waals surface area contributed by atoms with Gasteiger partial charge in [-0.2, -0.15) is 13.2 Å². The molecule has 2 unspecified atom stereocenters. The van der Waals surface area contributed by atoms with Crippen LogP contribution in [0.4, 0.5) is 13.2 Å². The summed E-state index contributed by atoms with van der Waals surface area (Å²) in [7, 11) is 0. The summed E-state index contributed by atoms with van der Waals surface area (Å²) in [6.45, 7) is 3.70. The molecule has 6 heteroatoms. The molecule has 1 rings (SSSR count). The van der Waals surface area contributed by atoms with Crippen molar-refractivity contribution in [3.8, 4) is 0 Å². The van der Waals surface area contributed by atoms with E-state index in [4.69, 9.17) is 4.74 Å². The van der Waals surface area contributed by atoms with E-state index in [0.717, 1.165) is 6.42 Å².